The molecule has 10 heavy (non-hydrogen) atoms. The molecule has 0 saturated heterocycles. The van der Waals surface area contributed by atoms with E-state index in [1.807, 2.05) is 13.8 Å². The van der Waals surface area contributed by atoms with Gasteiger partial charge in [0.15, 0.2) is 0 Å². The van der Waals surface area contributed by atoms with Crippen molar-refractivity contribution in [3.63, 3.8) is 0 Å². The Balaban J connectivity index is 3.93. The average Bonchev–Trinajstić information content (AvgIpc) is 1.60. The monoisotopic (exact) mass is 166 g/mol. The molecule has 0 heterocycles. The fourth-order valence-electron chi connectivity index (χ4n) is 0.387. The Bertz CT molecular complexity index is 181. The molecule has 0 spiro atoms. The zero-order valence-corrected chi connectivity index (χ0v) is 7.60. The van der Waals surface area contributed by atoms with Gasteiger partial charge in [-0.15, -0.1) is 0 Å². The topological polar surface area (TPSA) is 43.4 Å². The van der Waals surface area contributed by atoms with Gasteiger partial charge in [-0.2, -0.15) is 8.42 Å². The molecular weight excluding hydrogens is 152 g/mol. The van der Waals surface area contributed by atoms with Crippen molar-refractivity contribution >= 4 is 10.1 Å². The van der Waals surface area contributed by atoms with E-state index in [9.17, 15) is 8.42 Å². The Labute approximate surface area is 62.5 Å². The molecular formula is C6H14O3S. The third-order valence-corrected chi connectivity index (χ3v) is 1.92. The summed E-state index contributed by atoms with van der Waals surface area (Å²) in [7, 11) is -3.27. The predicted molar refractivity (Wildman–Crippen MR) is 40.2 cm³/mol. The van der Waals surface area contributed by atoms with E-state index < -0.39 is 10.1 Å². The lowest BCUT2D eigenvalue weighted by Gasteiger charge is -2.13. The normalized spacial score (nSPS) is 15.7. The van der Waals surface area contributed by atoms with Crippen LogP contribution in [0.4, 0.5) is 0 Å². The highest BCUT2D eigenvalue weighted by Crippen LogP contribution is 2.07. The highest BCUT2D eigenvalue weighted by Gasteiger charge is 2.12. The zero-order valence-electron chi connectivity index (χ0n) is 6.79. The molecule has 0 aromatic rings. The molecule has 0 aliphatic rings. The fourth-order valence-corrected chi connectivity index (χ4v) is 1.16. The quantitative estimate of drug-likeness (QED) is 0.588. The van der Waals surface area contributed by atoms with Gasteiger partial charge in [-0.3, -0.25) is 4.18 Å². The van der Waals surface area contributed by atoms with Crippen LogP contribution in [0, 0.1) is 5.92 Å². The number of rotatable bonds is 3. The van der Waals surface area contributed by atoms with E-state index in [1.54, 1.807) is 6.92 Å². The maximum absolute atomic E-state index is 10.5. The van der Waals surface area contributed by atoms with Gasteiger partial charge in [0.1, 0.15) is 0 Å². The van der Waals surface area contributed by atoms with Crippen LogP contribution in [-0.4, -0.2) is 20.8 Å². The summed E-state index contributed by atoms with van der Waals surface area (Å²) in [6, 6.07) is 0. The zero-order chi connectivity index (χ0) is 8.36. The standard InChI is InChI=1S/C6H14O3S/c1-5(2)6(3)9-10(4,7)8/h5-6H,1-4H3/t6-/m1/s1. The minimum absolute atomic E-state index is 0.227. The summed E-state index contributed by atoms with van der Waals surface area (Å²) in [6.45, 7) is 5.57. The molecule has 0 radical (unpaired) electrons. The van der Waals surface area contributed by atoms with Gasteiger partial charge in [0.25, 0.3) is 10.1 Å². The summed E-state index contributed by atoms with van der Waals surface area (Å²) in [5.74, 6) is 0.231. The molecule has 0 aromatic carbocycles. The second kappa shape index (κ2) is 3.34. The van der Waals surface area contributed by atoms with Gasteiger partial charge in [0, 0.05) is 0 Å². The molecule has 0 aliphatic carbocycles. The molecule has 1 atom stereocenters. The lowest BCUT2D eigenvalue weighted by atomic mass is 10.1. The van der Waals surface area contributed by atoms with Gasteiger partial charge < -0.3 is 0 Å². The van der Waals surface area contributed by atoms with E-state index in [4.69, 9.17) is 0 Å². The molecule has 0 saturated carbocycles. The Morgan fingerprint density at radius 3 is 1.70 bits per heavy atom. The maximum Gasteiger partial charge on any atom is 0.264 e. The number of hydrogen-bond acceptors (Lipinski definition) is 3. The Kier molecular flexibility index (Phi) is 3.31. The van der Waals surface area contributed by atoms with E-state index in [2.05, 4.69) is 4.18 Å². The first kappa shape index (κ1) is 9.91. The van der Waals surface area contributed by atoms with E-state index in [0.717, 1.165) is 6.26 Å². The molecule has 0 aromatic heterocycles. The van der Waals surface area contributed by atoms with Crippen LogP contribution in [0.1, 0.15) is 20.8 Å². The average molecular weight is 166 g/mol. The third-order valence-electron chi connectivity index (χ3n) is 1.27. The van der Waals surface area contributed by atoms with Gasteiger partial charge in [-0.25, -0.2) is 0 Å². The van der Waals surface area contributed by atoms with Gasteiger partial charge in [-0.05, 0) is 12.8 Å². The van der Waals surface area contributed by atoms with Crippen LogP contribution in [0.5, 0.6) is 0 Å². The van der Waals surface area contributed by atoms with Crippen molar-refractivity contribution in [3.05, 3.63) is 0 Å². The molecule has 0 unspecified atom stereocenters. The fraction of sp³-hybridized carbons (Fsp3) is 1.00. The first-order valence-electron chi connectivity index (χ1n) is 3.21. The summed E-state index contributed by atoms with van der Waals surface area (Å²) in [6.07, 6.45) is 0.835. The van der Waals surface area contributed by atoms with Gasteiger partial charge in [0.05, 0.1) is 12.4 Å². The van der Waals surface area contributed by atoms with Crippen LogP contribution < -0.4 is 0 Å². The number of hydrogen-bond donors (Lipinski definition) is 0. The minimum Gasteiger partial charge on any atom is -0.267 e. The van der Waals surface area contributed by atoms with Crippen molar-refractivity contribution in [2.24, 2.45) is 5.92 Å². The second-order valence-corrected chi connectivity index (χ2v) is 4.35. The molecule has 0 fully saturated rings. The maximum atomic E-state index is 10.5. The molecule has 4 heteroatoms. The molecule has 0 rings (SSSR count). The van der Waals surface area contributed by atoms with Crippen LogP contribution in [0.25, 0.3) is 0 Å². The minimum atomic E-state index is -3.27. The smallest absolute Gasteiger partial charge is 0.264 e. The highest BCUT2D eigenvalue weighted by molar-refractivity contribution is 7.86. The SMILES string of the molecule is CC(C)[C@@H](C)OS(C)(=O)=O. The highest BCUT2D eigenvalue weighted by atomic mass is 32.2. The van der Waals surface area contributed by atoms with E-state index >= 15 is 0 Å². The summed E-state index contributed by atoms with van der Waals surface area (Å²) in [5.41, 5.74) is 0. The molecule has 62 valence electrons. The predicted octanol–water partition coefficient (Wildman–Crippen LogP) is 1.01. The van der Waals surface area contributed by atoms with Gasteiger partial charge in [0.2, 0.25) is 0 Å². The van der Waals surface area contributed by atoms with Crippen LogP contribution in [0.3, 0.4) is 0 Å². The first-order valence-corrected chi connectivity index (χ1v) is 5.03. The summed E-state index contributed by atoms with van der Waals surface area (Å²) >= 11 is 0. The molecule has 0 amide bonds. The molecule has 3 nitrogen and oxygen atoms in total. The first-order chi connectivity index (χ1) is 4.33. The lowest BCUT2D eigenvalue weighted by molar-refractivity contribution is 0.180. The van der Waals surface area contributed by atoms with Crippen LogP contribution in [0.15, 0.2) is 0 Å². The molecule has 0 N–H and O–H groups in total. The van der Waals surface area contributed by atoms with Crippen molar-refractivity contribution in [1.82, 2.24) is 0 Å². The summed E-state index contributed by atoms with van der Waals surface area (Å²) < 4.78 is 25.7. The van der Waals surface area contributed by atoms with Crippen LogP contribution in [-0.2, 0) is 14.3 Å². The Morgan fingerprint density at radius 1 is 1.20 bits per heavy atom. The van der Waals surface area contributed by atoms with Crippen molar-refractivity contribution in [3.8, 4) is 0 Å². The van der Waals surface area contributed by atoms with Gasteiger partial charge in [-0.1, -0.05) is 13.8 Å². The van der Waals surface area contributed by atoms with E-state index in [-0.39, 0.29) is 12.0 Å². The summed E-state index contributed by atoms with van der Waals surface area (Å²) in [4.78, 5) is 0. The largest absolute Gasteiger partial charge is 0.267 e. The van der Waals surface area contributed by atoms with Gasteiger partial charge >= 0.3 is 0 Å². The Hall–Kier alpha value is -0.0900. The summed E-state index contributed by atoms with van der Waals surface area (Å²) in [5, 5.41) is 0. The van der Waals surface area contributed by atoms with Crippen molar-refractivity contribution in [2.45, 2.75) is 26.9 Å². The Morgan fingerprint density at radius 2 is 1.60 bits per heavy atom. The van der Waals surface area contributed by atoms with Crippen molar-refractivity contribution < 1.29 is 12.6 Å². The molecule has 0 bridgehead atoms. The van der Waals surface area contributed by atoms with E-state index in [0.29, 0.717) is 0 Å². The van der Waals surface area contributed by atoms with Crippen molar-refractivity contribution in [2.75, 3.05) is 6.26 Å². The third kappa shape index (κ3) is 4.76. The van der Waals surface area contributed by atoms with Crippen LogP contribution in [0.2, 0.25) is 0 Å². The van der Waals surface area contributed by atoms with E-state index in [1.165, 1.54) is 0 Å². The lowest BCUT2D eigenvalue weighted by Crippen LogP contribution is -2.19. The van der Waals surface area contributed by atoms with Crippen LogP contribution >= 0.6 is 0 Å². The second-order valence-electron chi connectivity index (χ2n) is 2.75. The van der Waals surface area contributed by atoms with Crippen molar-refractivity contribution in [1.29, 1.82) is 0 Å². The molecule has 0 aliphatic heterocycles.